The molecule has 41 heavy (non-hydrogen) atoms. The molecule has 0 unspecified atom stereocenters. The Labute approximate surface area is 234 Å². The molecule has 7 N–H and O–H groups in total. The fourth-order valence-electron chi connectivity index (χ4n) is 6.73. The van der Waals surface area contributed by atoms with Crippen molar-refractivity contribution in [2.75, 3.05) is 7.11 Å². The van der Waals surface area contributed by atoms with Gasteiger partial charge in [0.2, 0.25) is 5.78 Å². The molecule has 4 atom stereocenters. The summed E-state index contributed by atoms with van der Waals surface area (Å²) in [4.78, 5) is 56.5. The molecule has 0 bridgehead atoms. The highest BCUT2D eigenvalue weighted by Gasteiger charge is 2.64. The Morgan fingerprint density at radius 3 is 2.46 bits per heavy atom. The maximum Gasteiger partial charge on any atom is 0.274 e. The van der Waals surface area contributed by atoms with Crippen LogP contribution in [0.5, 0.6) is 5.75 Å². The number of aliphatic hydroxyl groups is 3. The number of hydroxylamine groups is 1. The molecule has 1 saturated carbocycles. The molecule has 5 rings (SSSR count). The van der Waals surface area contributed by atoms with Crippen LogP contribution in [0.3, 0.4) is 0 Å². The Hall–Kier alpha value is -4.48. The zero-order valence-electron chi connectivity index (χ0n) is 22.6. The highest BCUT2D eigenvalue weighted by molar-refractivity contribution is 6.23. The molecule has 1 fully saturated rings. The Morgan fingerprint density at radius 1 is 1.12 bits per heavy atom. The van der Waals surface area contributed by atoms with Crippen molar-refractivity contribution in [2.45, 2.75) is 32.3 Å². The molecule has 0 aliphatic heterocycles. The molecule has 2 aromatic rings. The predicted molar refractivity (Wildman–Crippen MR) is 145 cm³/mol. The summed E-state index contributed by atoms with van der Waals surface area (Å²) in [5, 5.41) is 44.9. The van der Waals surface area contributed by atoms with Gasteiger partial charge in [-0.05, 0) is 59.6 Å². The van der Waals surface area contributed by atoms with Crippen LogP contribution in [0, 0.1) is 23.7 Å². The van der Waals surface area contributed by atoms with E-state index in [1.165, 1.54) is 13.2 Å². The van der Waals surface area contributed by atoms with Gasteiger partial charge in [0.05, 0.1) is 12.7 Å². The number of hydrogen-bond donors (Lipinski definition) is 6. The summed E-state index contributed by atoms with van der Waals surface area (Å²) < 4.78 is 0. The molecular formula is C30H30N2O9. The number of aromatic hydroxyl groups is 1. The second-order valence-corrected chi connectivity index (χ2v) is 11.0. The quantitative estimate of drug-likeness (QED) is 0.234. The average Bonchev–Trinajstić information content (AvgIpc) is 2.90. The fourth-order valence-corrected chi connectivity index (χ4v) is 6.73. The molecule has 3 aliphatic rings. The van der Waals surface area contributed by atoms with E-state index in [4.69, 9.17) is 10.6 Å². The minimum Gasteiger partial charge on any atom is -0.508 e. The van der Waals surface area contributed by atoms with Gasteiger partial charge >= 0.3 is 0 Å². The number of phenols is 1. The lowest BCUT2D eigenvalue weighted by Crippen LogP contribution is -2.62. The third-order valence-corrected chi connectivity index (χ3v) is 8.48. The molecule has 11 heteroatoms. The van der Waals surface area contributed by atoms with Crippen LogP contribution in [-0.4, -0.2) is 56.5 Å². The summed E-state index contributed by atoms with van der Waals surface area (Å²) in [6.07, 6.45) is 0.147. The van der Waals surface area contributed by atoms with E-state index in [2.05, 4.69) is 5.48 Å². The largest absolute Gasteiger partial charge is 0.508 e. The average molecular weight is 563 g/mol. The zero-order valence-corrected chi connectivity index (χ0v) is 22.6. The third kappa shape index (κ3) is 4.03. The first-order valence-corrected chi connectivity index (χ1v) is 13.1. The Kier molecular flexibility index (Phi) is 6.75. The number of amides is 2. The molecule has 0 spiro atoms. The number of ketones is 2. The topological polar surface area (TPSA) is 196 Å². The van der Waals surface area contributed by atoms with Gasteiger partial charge in [0, 0.05) is 23.0 Å². The summed E-state index contributed by atoms with van der Waals surface area (Å²) in [5.74, 6) is -8.79. The number of benzene rings is 2. The normalized spacial score (nSPS) is 25.5. The van der Waals surface area contributed by atoms with Crippen LogP contribution in [-0.2, 0) is 25.6 Å². The Balaban J connectivity index is 1.70. The Morgan fingerprint density at radius 2 is 1.83 bits per heavy atom. The molecule has 2 amide bonds. The maximum absolute atomic E-state index is 14.0. The highest BCUT2D eigenvalue weighted by Crippen LogP contribution is 2.55. The maximum atomic E-state index is 14.0. The highest BCUT2D eigenvalue weighted by atomic mass is 16.6. The van der Waals surface area contributed by atoms with Gasteiger partial charge in [-0.25, -0.2) is 5.48 Å². The molecule has 3 aliphatic carbocycles. The van der Waals surface area contributed by atoms with Crippen LogP contribution >= 0.6 is 0 Å². The summed E-state index contributed by atoms with van der Waals surface area (Å²) in [7, 11) is 1.31. The van der Waals surface area contributed by atoms with Gasteiger partial charge in [-0.15, -0.1) is 0 Å². The van der Waals surface area contributed by atoms with Gasteiger partial charge in [0.15, 0.2) is 11.4 Å². The first-order chi connectivity index (χ1) is 19.3. The molecule has 0 radical (unpaired) electrons. The van der Waals surface area contributed by atoms with E-state index in [0.717, 1.165) is 0 Å². The van der Waals surface area contributed by atoms with Crippen LogP contribution in [0.4, 0.5) is 0 Å². The number of Topliss-reactive ketones (excluding diaryl/α,β-unsaturated/α-hetero) is 2. The number of fused-ring (bicyclic) bond motifs is 3. The second-order valence-electron chi connectivity index (χ2n) is 11.0. The van der Waals surface area contributed by atoms with Crippen LogP contribution in [0.2, 0.25) is 0 Å². The lowest BCUT2D eigenvalue weighted by Gasteiger charge is -2.50. The number of hydrogen-bond acceptors (Lipinski definition) is 9. The zero-order chi connectivity index (χ0) is 30.0. The second kappa shape index (κ2) is 9.86. The van der Waals surface area contributed by atoms with E-state index in [1.807, 2.05) is 0 Å². The summed E-state index contributed by atoms with van der Waals surface area (Å²) in [6, 6.07) is 9.60. The van der Waals surface area contributed by atoms with Crippen LogP contribution in [0.25, 0.3) is 16.9 Å². The summed E-state index contributed by atoms with van der Waals surface area (Å²) >= 11 is 0. The third-order valence-electron chi connectivity index (χ3n) is 8.48. The minimum absolute atomic E-state index is 0.0111. The van der Waals surface area contributed by atoms with Gasteiger partial charge in [-0.3, -0.25) is 24.0 Å². The van der Waals surface area contributed by atoms with E-state index >= 15 is 0 Å². The number of carbonyl (C=O) groups excluding carboxylic acids is 4. The van der Waals surface area contributed by atoms with Gasteiger partial charge in [0.1, 0.15) is 22.8 Å². The van der Waals surface area contributed by atoms with Crippen molar-refractivity contribution in [1.29, 1.82) is 0 Å². The van der Waals surface area contributed by atoms with Crippen molar-refractivity contribution in [3.63, 3.8) is 0 Å². The van der Waals surface area contributed by atoms with Crippen LogP contribution in [0.1, 0.15) is 41.8 Å². The number of nitrogens with two attached hydrogens (primary N) is 1. The molecule has 0 aromatic heterocycles. The molecular weight excluding hydrogens is 532 g/mol. The van der Waals surface area contributed by atoms with E-state index in [1.54, 1.807) is 44.2 Å². The number of phenolic OH excluding ortho intramolecular Hbond substituents is 1. The molecule has 11 nitrogen and oxygen atoms in total. The van der Waals surface area contributed by atoms with Crippen molar-refractivity contribution in [3.8, 4) is 16.9 Å². The van der Waals surface area contributed by atoms with Gasteiger partial charge in [-0.1, -0.05) is 32.0 Å². The molecule has 0 heterocycles. The molecule has 0 saturated heterocycles. The summed E-state index contributed by atoms with van der Waals surface area (Å²) in [5.41, 5.74) is 5.87. The van der Waals surface area contributed by atoms with Gasteiger partial charge < -0.3 is 26.2 Å². The SMILES string of the molecule is CONC(=O)c1cccc(-c2ccc(O)c3c2C[C@H]2C[C@H]4[C@H](C(C)C)C(=O)C(C(N)=O)=C(O)[C@@]4(O)C(=O)C2=C3O)c1. The first kappa shape index (κ1) is 28.1. The van der Waals surface area contributed by atoms with Crippen molar-refractivity contribution in [1.82, 2.24) is 5.48 Å². The van der Waals surface area contributed by atoms with Crippen molar-refractivity contribution >= 4 is 29.1 Å². The van der Waals surface area contributed by atoms with E-state index in [-0.39, 0.29) is 29.7 Å². The number of rotatable bonds is 5. The smallest absolute Gasteiger partial charge is 0.274 e. The lowest BCUT2D eigenvalue weighted by atomic mass is 9.54. The first-order valence-electron chi connectivity index (χ1n) is 13.1. The van der Waals surface area contributed by atoms with Crippen molar-refractivity contribution in [2.24, 2.45) is 29.4 Å². The minimum atomic E-state index is -2.67. The van der Waals surface area contributed by atoms with Gasteiger partial charge in [0.25, 0.3) is 11.8 Å². The van der Waals surface area contributed by atoms with Crippen molar-refractivity contribution in [3.05, 3.63) is 70.0 Å². The number of nitrogens with one attached hydrogen (secondary N) is 1. The Bertz CT molecular complexity index is 1590. The lowest BCUT2D eigenvalue weighted by molar-refractivity contribution is -0.155. The predicted octanol–water partition coefficient (Wildman–Crippen LogP) is 2.26. The van der Waals surface area contributed by atoms with Gasteiger partial charge in [-0.2, -0.15) is 0 Å². The fraction of sp³-hybridized carbons (Fsp3) is 0.333. The number of primary amides is 1. The number of carbonyl (C=O) groups is 4. The monoisotopic (exact) mass is 562 g/mol. The molecule has 2 aromatic carbocycles. The summed E-state index contributed by atoms with van der Waals surface area (Å²) in [6.45, 7) is 3.41. The standard InChI is InChI=1S/C30H30N2O9/c1-12(2)20-18-11-15-10-17-16(13-5-4-6-14(9-13)29(39)32-41-3)7-8-19(33)22(17)25(35)21(15)26(36)30(18,40)27(37)23(24(20)34)28(31)38/h4-9,12,15,18,20,33,35,37,40H,10-11H2,1-3H3,(H2,31,38)(H,32,39)/t15-,18-,20-,30-/m0/s1. The van der Waals surface area contributed by atoms with E-state index in [0.29, 0.717) is 22.3 Å². The van der Waals surface area contributed by atoms with E-state index < -0.39 is 69.7 Å². The molecule has 214 valence electrons. The van der Waals surface area contributed by atoms with Crippen LogP contribution in [0.15, 0.2) is 53.3 Å². The van der Waals surface area contributed by atoms with Crippen molar-refractivity contribution < 1.29 is 44.4 Å². The van der Waals surface area contributed by atoms with Crippen LogP contribution < -0.4 is 11.2 Å². The number of aliphatic hydroxyl groups excluding tert-OH is 2. The van der Waals surface area contributed by atoms with E-state index in [9.17, 15) is 39.6 Å².